The molecule has 0 aliphatic heterocycles. The molecular weight excluding hydrogens is 302 g/mol. The molecule has 2 aromatic rings. The molecule has 2 N–H and O–H groups in total. The Balaban J connectivity index is 1.67. The van der Waals surface area contributed by atoms with Crippen molar-refractivity contribution in [2.45, 2.75) is 37.7 Å². The number of nitrogens with zero attached hydrogens (tertiary/aromatic N) is 2. The van der Waals surface area contributed by atoms with Gasteiger partial charge in [-0.25, -0.2) is 4.68 Å². The number of carbonyl (C=O) groups excluding carboxylic acids is 1. The number of benzene rings is 1. The number of rotatable bonds is 4. The number of aromatic nitrogens is 2. The van der Waals surface area contributed by atoms with E-state index < -0.39 is 5.60 Å². The van der Waals surface area contributed by atoms with Crippen LogP contribution in [0.3, 0.4) is 0 Å². The van der Waals surface area contributed by atoms with Crippen LogP contribution in [0.4, 0.5) is 5.69 Å². The van der Waals surface area contributed by atoms with Gasteiger partial charge in [0.2, 0.25) is 5.91 Å². The summed E-state index contributed by atoms with van der Waals surface area (Å²) in [5, 5.41) is 17.8. The summed E-state index contributed by atoms with van der Waals surface area (Å²) in [6, 6.07) is 7.35. The third kappa shape index (κ3) is 3.31. The van der Waals surface area contributed by atoms with Crippen LogP contribution in [0.5, 0.6) is 0 Å². The number of halogens is 1. The van der Waals surface area contributed by atoms with E-state index in [0.29, 0.717) is 23.6 Å². The molecule has 0 atom stereocenters. The van der Waals surface area contributed by atoms with Crippen LogP contribution in [0, 0.1) is 0 Å². The van der Waals surface area contributed by atoms with E-state index in [1.54, 1.807) is 23.1 Å². The maximum absolute atomic E-state index is 12.1. The van der Waals surface area contributed by atoms with Gasteiger partial charge in [-0.1, -0.05) is 36.6 Å². The second kappa shape index (κ2) is 6.10. The quantitative estimate of drug-likeness (QED) is 0.909. The minimum atomic E-state index is -0.844. The summed E-state index contributed by atoms with van der Waals surface area (Å²) in [7, 11) is 0. The lowest BCUT2D eigenvalue weighted by Gasteiger charge is -2.20. The highest BCUT2D eigenvalue weighted by molar-refractivity contribution is 6.32. The second-order valence-corrected chi connectivity index (χ2v) is 6.19. The van der Waals surface area contributed by atoms with Crippen LogP contribution in [0.1, 0.15) is 32.1 Å². The van der Waals surface area contributed by atoms with Crippen molar-refractivity contribution in [1.82, 2.24) is 9.78 Å². The fraction of sp³-hybridized carbons (Fsp3) is 0.375. The first kappa shape index (κ1) is 15.1. The Kier molecular flexibility index (Phi) is 4.18. The summed E-state index contributed by atoms with van der Waals surface area (Å²) >= 11 is 6.12. The van der Waals surface area contributed by atoms with Crippen molar-refractivity contribution < 1.29 is 9.90 Å². The Morgan fingerprint density at radius 3 is 2.82 bits per heavy atom. The molecule has 0 bridgehead atoms. The van der Waals surface area contributed by atoms with Crippen LogP contribution < -0.4 is 5.32 Å². The van der Waals surface area contributed by atoms with Crippen molar-refractivity contribution >= 4 is 23.2 Å². The second-order valence-electron chi connectivity index (χ2n) is 5.78. The van der Waals surface area contributed by atoms with Gasteiger partial charge in [-0.05, 0) is 25.0 Å². The summed E-state index contributed by atoms with van der Waals surface area (Å²) in [5.41, 5.74) is 0.494. The van der Waals surface area contributed by atoms with E-state index in [2.05, 4.69) is 10.4 Å². The standard InChI is InChI=1S/C16H18ClN3O2/c17-13-5-1-2-6-14(13)20-11-12(10-18-20)19-15(21)9-16(22)7-3-4-8-16/h1-2,5-6,10-11,22H,3-4,7-9H2,(H,19,21). The van der Waals surface area contributed by atoms with Crippen LogP contribution in [0.25, 0.3) is 5.69 Å². The molecular formula is C16H18ClN3O2. The Morgan fingerprint density at radius 2 is 2.09 bits per heavy atom. The molecule has 6 heteroatoms. The molecule has 1 aliphatic rings. The Labute approximate surface area is 133 Å². The van der Waals surface area contributed by atoms with Gasteiger partial charge < -0.3 is 10.4 Å². The average molecular weight is 320 g/mol. The zero-order valence-corrected chi connectivity index (χ0v) is 12.9. The van der Waals surface area contributed by atoms with Crippen LogP contribution in [-0.2, 0) is 4.79 Å². The number of para-hydroxylation sites is 1. The summed E-state index contributed by atoms with van der Waals surface area (Å²) < 4.78 is 1.61. The SMILES string of the molecule is O=C(CC1(O)CCCC1)Nc1cnn(-c2ccccc2Cl)c1. The third-order valence-corrected chi connectivity index (χ3v) is 4.31. The number of hydrogen-bond acceptors (Lipinski definition) is 3. The lowest BCUT2D eigenvalue weighted by atomic mass is 9.98. The molecule has 1 fully saturated rings. The maximum Gasteiger partial charge on any atom is 0.227 e. The predicted molar refractivity (Wildman–Crippen MR) is 85.2 cm³/mol. The van der Waals surface area contributed by atoms with Crippen molar-refractivity contribution in [3.05, 3.63) is 41.7 Å². The maximum atomic E-state index is 12.1. The van der Waals surface area contributed by atoms with E-state index in [4.69, 9.17) is 11.6 Å². The van der Waals surface area contributed by atoms with E-state index in [1.165, 1.54) is 0 Å². The van der Waals surface area contributed by atoms with Crippen LogP contribution in [-0.4, -0.2) is 26.4 Å². The van der Waals surface area contributed by atoms with E-state index >= 15 is 0 Å². The lowest BCUT2D eigenvalue weighted by Crippen LogP contribution is -2.30. The summed E-state index contributed by atoms with van der Waals surface area (Å²) in [4.78, 5) is 12.1. The molecule has 1 saturated carbocycles. The number of aliphatic hydroxyl groups is 1. The van der Waals surface area contributed by atoms with Crippen molar-refractivity contribution in [2.75, 3.05) is 5.32 Å². The molecule has 22 heavy (non-hydrogen) atoms. The fourth-order valence-electron chi connectivity index (χ4n) is 2.87. The number of carbonyl (C=O) groups is 1. The zero-order valence-electron chi connectivity index (χ0n) is 12.1. The van der Waals surface area contributed by atoms with Crippen LogP contribution >= 0.6 is 11.6 Å². The highest BCUT2D eigenvalue weighted by atomic mass is 35.5. The average Bonchev–Trinajstić information content (AvgIpc) is 3.09. The summed E-state index contributed by atoms with van der Waals surface area (Å²) in [6.45, 7) is 0. The molecule has 1 aromatic heterocycles. The first-order valence-corrected chi connectivity index (χ1v) is 7.75. The van der Waals surface area contributed by atoms with Gasteiger partial charge in [0, 0.05) is 0 Å². The van der Waals surface area contributed by atoms with Gasteiger partial charge in [-0.2, -0.15) is 5.10 Å². The Hall–Kier alpha value is -1.85. The normalized spacial score (nSPS) is 16.6. The molecule has 1 aliphatic carbocycles. The van der Waals surface area contributed by atoms with Gasteiger partial charge in [0.25, 0.3) is 0 Å². The molecule has 5 nitrogen and oxygen atoms in total. The van der Waals surface area contributed by atoms with Gasteiger partial charge in [-0.15, -0.1) is 0 Å². The van der Waals surface area contributed by atoms with Gasteiger partial charge in [0.15, 0.2) is 0 Å². The molecule has 0 radical (unpaired) electrons. The smallest absolute Gasteiger partial charge is 0.227 e. The predicted octanol–water partition coefficient (Wildman–Crippen LogP) is 3.16. The van der Waals surface area contributed by atoms with Crippen molar-refractivity contribution in [1.29, 1.82) is 0 Å². The number of anilines is 1. The van der Waals surface area contributed by atoms with Crippen molar-refractivity contribution in [2.24, 2.45) is 0 Å². The first-order valence-electron chi connectivity index (χ1n) is 7.38. The molecule has 0 unspecified atom stereocenters. The molecule has 116 valence electrons. The molecule has 1 heterocycles. The fourth-order valence-corrected chi connectivity index (χ4v) is 3.09. The third-order valence-electron chi connectivity index (χ3n) is 3.99. The highest BCUT2D eigenvalue weighted by Gasteiger charge is 2.33. The summed E-state index contributed by atoms with van der Waals surface area (Å²) in [5.74, 6) is -0.192. The minimum absolute atomic E-state index is 0.129. The van der Waals surface area contributed by atoms with E-state index in [-0.39, 0.29) is 12.3 Å². The zero-order chi connectivity index (χ0) is 15.6. The first-order chi connectivity index (χ1) is 10.6. The van der Waals surface area contributed by atoms with E-state index in [9.17, 15) is 9.90 Å². The van der Waals surface area contributed by atoms with Crippen LogP contribution in [0.15, 0.2) is 36.7 Å². The molecule has 3 rings (SSSR count). The van der Waals surface area contributed by atoms with Crippen molar-refractivity contribution in [3.63, 3.8) is 0 Å². The largest absolute Gasteiger partial charge is 0.389 e. The van der Waals surface area contributed by atoms with Gasteiger partial charge in [0.05, 0.1) is 40.8 Å². The summed E-state index contributed by atoms with van der Waals surface area (Å²) in [6.07, 6.45) is 6.75. The number of nitrogens with one attached hydrogen (secondary N) is 1. The molecule has 1 aromatic carbocycles. The molecule has 1 amide bonds. The Bertz CT molecular complexity index is 678. The number of hydrogen-bond donors (Lipinski definition) is 2. The van der Waals surface area contributed by atoms with Gasteiger partial charge in [-0.3, -0.25) is 4.79 Å². The minimum Gasteiger partial charge on any atom is -0.389 e. The molecule has 0 saturated heterocycles. The van der Waals surface area contributed by atoms with Gasteiger partial charge in [0.1, 0.15) is 0 Å². The van der Waals surface area contributed by atoms with E-state index in [0.717, 1.165) is 18.5 Å². The highest BCUT2D eigenvalue weighted by Crippen LogP contribution is 2.32. The topological polar surface area (TPSA) is 67.2 Å². The molecule has 0 spiro atoms. The van der Waals surface area contributed by atoms with E-state index in [1.807, 2.05) is 18.2 Å². The van der Waals surface area contributed by atoms with Gasteiger partial charge >= 0.3 is 0 Å². The monoisotopic (exact) mass is 319 g/mol. The number of amides is 1. The Morgan fingerprint density at radius 1 is 1.36 bits per heavy atom. The van der Waals surface area contributed by atoms with Crippen LogP contribution in [0.2, 0.25) is 5.02 Å². The van der Waals surface area contributed by atoms with Crippen molar-refractivity contribution in [3.8, 4) is 5.69 Å². The lowest BCUT2D eigenvalue weighted by molar-refractivity contribution is -0.120.